The van der Waals surface area contributed by atoms with E-state index in [0.717, 1.165) is 17.4 Å². The van der Waals surface area contributed by atoms with Crippen molar-refractivity contribution in [1.29, 1.82) is 0 Å². The molecule has 4 aromatic carbocycles. The molecule has 0 heterocycles. The van der Waals surface area contributed by atoms with Crippen LogP contribution in [-0.2, 0) is 26.6 Å². The second-order valence-electron chi connectivity index (χ2n) is 9.31. The summed E-state index contributed by atoms with van der Waals surface area (Å²) in [6, 6.07) is 24.3. The van der Waals surface area contributed by atoms with Gasteiger partial charge < -0.3 is 5.32 Å². The molecule has 0 radical (unpaired) electrons. The Morgan fingerprint density at radius 1 is 0.850 bits per heavy atom. The highest BCUT2D eigenvalue weighted by Crippen LogP contribution is 2.25. The van der Waals surface area contributed by atoms with E-state index in [1.807, 2.05) is 26.0 Å². The van der Waals surface area contributed by atoms with E-state index in [1.165, 1.54) is 40.7 Å². The van der Waals surface area contributed by atoms with Gasteiger partial charge in [0.25, 0.3) is 15.9 Å². The zero-order valence-electron chi connectivity index (χ0n) is 22.1. The summed E-state index contributed by atoms with van der Waals surface area (Å²) in [4.78, 5) is 12.9. The van der Waals surface area contributed by atoms with Crippen molar-refractivity contribution in [2.45, 2.75) is 25.3 Å². The van der Waals surface area contributed by atoms with Gasteiger partial charge in [0.15, 0.2) is 0 Å². The van der Waals surface area contributed by atoms with Crippen molar-refractivity contribution in [1.82, 2.24) is 0 Å². The molecule has 208 valence electrons. The lowest BCUT2D eigenvalue weighted by Gasteiger charge is -2.23. The molecule has 0 unspecified atom stereocenters. The first-order valence-electron chi connectivity index (χ1n) is 12.2. The van der Waals surface area contributed by atoms with E-state index in [4.69, 9.17) is 11.6 Å². The largest absolute Gasteiger partial charge is 0.322 e. The van der Waals surface area contributed by atoms with Gasteiger partial charge in [0.1, 0.15) is 0 Å². The van der Waals surface area contributed by atoms with Crippen molar-refractivity contribution in [3.05, 3.63) is 118 Å². The smallest absolute Gasteiger partial charge is 0.261 e. The number of nitrogens with zero attached hydrogens (tertiary/aromatic N) is 1. The Balaban J connectivity index is 1.46. The van der Waals surface area contributed by atoms with Crippen LogP contribution in [0.25, 0.3) is 0 Å². The molecule has 0 aromatic heterocycles. The van der Waals surface area contributed by atoms with Gasteiger partial charge >= 0.3 is 0 Å². The molecule has 0 aliphatic carbocycles. The molecule has 0 atom stereocenters. The summed E-state index contributed by atoms with van der Waals surface area (Å²) in [6.07, 6.45) is 1.10. The number of anilines is 3. The second-order valence-corrected chi connectivity index (χ2v) is 13.3. The van der Waals surface area contributed by atoms with Crippen LogP contribution < -0.4 is 14.3 Å². The van der Waals surface area contributed by atoms with Crippen molar-refractivity contribution in [2.24, 2.45) is 0 Å². The normalized spacial score (nSPS) is 11.6. The predicted octanol–water partition coefficient (Wildman–Crippen LogP) is 5.98. The summed E-state index contributed by atoms with van der Waals surface area (Å²) in [5.41, 5.74) is 4.05. The third-order valence-electron chi connectivity index (χ3n) is 6.14. The third-order valence-corrected chi connectivity index (χ3v) is 9.03. The lowest BCUT2D eigenvalue weighted by molar-refractivity contribution is 0.102. The Morgan fingerprint density at radius 3 is 2.10 bits per heavy atom. The van der Waals surface area contributed by atoms with Gasteiger partial charge in [-0.25, -0.2) is 16.8 Å². The number of rotatable bonds is 9. The molecule has 40 heavy (non-hydrogen) atoms. The number of nitrogens with one attached hydrogen (secondary N) is 2. The topological polar surface area (TPSA) is 113 Å². The Bertz CT molecular complexity index is 1760. The minimum Gasteiger partial charge on any atom is -0.322 e. The van der Waals surface area contributed by atoms with E-state index < -0.39 is 26.0 Å². The predicted molar refractivity (Wildman–Crippen MR) is 160 cm³/mol. The average molecular weight is 598 g/mol. The van der Waals surface area contributed by atoms with Gasteiger partial charge in [-0.3, -0.25) is 13.8 Å². The Hall–Kier alpha value is -3.86. The van der Waals surface area contributed by atoms with E-state index in [2.05, 4.69) is 10.0 Å². The minimum absolute atomic E-state index is 0.0393. The standard InChI is InChI=1S/C29H28ClN3O5S2/c1-20-8-17-28(21(2)18-20)32-40(37,38)26-15-11-24(12-16-26)31-29(34)22-9-13-25(14-10-22)33(39(3,35)36)19-23-6-4-5-7-27(23)30/h4-18,32H,19H2,1-3H3,(H,31,34). The van der Waals surface area contributed by atoms with Crippen molar-refractivity contribution < 1.29 is 21.6 Å². The van der Waals surface area contributed by atoms with Crippen LogP contribution in [0.1, 0.15) is 27.0 Å². The fraction of sp³-hybridized carbons (Fsp3) is 0.138. The van der Waals surface area contributed by atoms with Gasteiger partial charge in [-0.05, 0) is 85.6 Å². The lowest BCUT2D eigenvalue weighted by atomic mass is 10.1. The number of amides is 1. The van der Waals surface area contributed by atoms with Crippen LogP contribution in [0.3, 0.4) is 0 Å². The maximum absolute atomic E-state index is 12.8. The summed E-state index contributed by atoms with van der Waals surface area (Å²) in [5, 5.41) is 3.18. The Kier molecular flexibility index (Phi) is 8.53. The van der Waals surface area contributed by atoms with Gasteiger partial charge in [0, 0.05) is 16.3 Å². The number of aryl methyl sites for hydroxylation is 2. The van der Waals surface area contributed by atoms with Gasteiger partial charge in [-0.1, -0.05) is 47.5 Å². The van der Waals surface area contributed by atoms with Crippen LogP contribution in [0.15, 0.2) is 95.9 Å². The van der Waals surface area contributed by atoms with Gasteiger partial charge in [-0.2, -0.15) is 0 Å². The number of benzene rings is 4. The van der Waals surface area contributed by atoms with Crippen LogP contribution >= 0.6 is 11.6 Å². The second kappa shape index (κ2) is 11.7. The number of carbonyl (C=O) groups excluding carboxylic acids is 1. The Labute approximate surface area is 239 Å². The average Bonchev–Trinajstić information content (AvgIpc) is 2.89. The van der Waals surface area contributed by atoms with Crippen LogP contribution in [0.4, 0.5) is 17.1 Å². The molecule has 8 nitrogen and oxygen atoms in total. The molecular formula is C29H28ClN3O5S2. The first kappa shape index (κ1) is 29.1. The van der Waals surface area contributed by atoms with Gasteiger partial charge in [0.05, 0.1) is 29.1 Å². The molecule has 0 aliphatic heterocycles. The van der Waals surface area contributed by atoms with Gasteiger partial charge in [-0.15, -0.1) is 0 Å². The first-order valence-corrected chi connectivity index (χ1v) is 15.9. The highest BCUT2D eigenvalue weighted by atomic mass is 35.5. The summed E-state index contributed by atoms with van der Waals surface area (Å²) >= 11 is 6.22. The molecule has 0 spiro atoms. The van der Waals surface area contributed by atoms with Crippen LogP contribution in [0, 0.1) is 13.8 Å². The van der Waals surface area contributed by atoms with Crippen molar-refractivity contribution in [3.63, 3.8) is 0 Å². The van der Waals surface area contributed by atoms with Crippen molar-refractivity contribution in [2.75, 3.05) is 20.6 Å². The maximum Gasteiger partial charge on any atom is 0.261 e. The van der Waals surface area contributed by atoms with Crippen LogP contribution in [0.2, 0.25) is 5.02 Å². The monoisotopic (exact) mass is 597 g/mol. The number of hydrogen-bond donors (Lipinski definition) is 2. The van der Waals surface area contributed by atoms with E-state index in [-0.39, 0.29) is 11.4 Å². The fourth-order valence-electron chi connectivity index (χ4n) is 4.01. The molecule has 4 aromatic rings. The van der Waals surface area contributed by atoms with Gasteiger partial charge in [0.2, 0.25) is 10.0 Å². The minimum atomic E-state index is -3.82. The molecule has 0 saturated carbocycles. The SMILES string of the molecule is Cc1ccc(NS(=O)(=O)c2ccc(NC(=O)c3ccc(N(Cc4ccccc4Cl)S(C)(=O)=O)cc3)cc2)c(C)c1. The number of carbonyl (C=O) groups is 1. The lowest BCUT2D eigenvalue weighted by Crippen LogP contribution is -2.29. The Morgan fingerprint density at radius 2 is 1.50 bits per heavy atom. The highest BCUT2D eigenvalue weighted by molar-refractivity contribution is 7.92. The third kappa shape index (κ3) is 7.01. The molecule has 0 bridgehead atoms. The van der Waals surface area contributed by atoms with Crippen LogP contribution in [-0.4, -0.2) is 29.0 Å². The number of halogens is 1. The van der Waals surface area contributed by atoms with E-state index >= 15 is 0 Å². The zero-order chi connectivity index (χ0) is 29.1. The van der Waals surface area contributed by atoms with Crippen molar-refractivity contribution in [3.8, 4) is 0 Å². The summed E-state index contributed by atoms with van der Waals surface area (Å²) in [5.74, 6) is -0.437. The van der Waals surface area contributed by atoms with E-state index in [0.29, 0.717) is 33.2 Å². The first-order chi connectivity index (χ1) is 18.8. The summed E-state index contributed by atoms with van der Waals surface area (Å²) < 4.78 is 54.5. The van der Waals surface area contributed by atoms with Crippen molar-refractivity contribution >= 4 is 54.6 Å². The summed E-state index contributed by atoms with van der Waals surface area (Å²) in [7, 11) is -7.46. The zero-order valence-corrected chi connectivity index (χ0v) is 24.4. The molecule has 4 rings (SSSR count). The molecule has 11 heteroatoms. The maximum atomic E-state index is 12.8. The molecular weight excluding hydrogens is 570 g/mol. The number of hydrogen-bond acceptors (Lipinski definition) is 5. The molecule has 0 fully saturated rings. The van der Waals surface area contributed by atoms with E-state index in [9.17, 15) is 21.6 Å². The molecule has 0 aliphatic rings. The van der Waals surface area contributed by atoms with Crippen LogP contribution in [0.5, 0.6) is 0 Å². The summed E-state index contributed by atoms with van der Waals surface area (Å²) in [6.45, 7) is 3.80. The fourth-order valence-corrected chi connectivity index (χ4v) is 6.22. The van der Waals surface area contributed by atoms with E-state index in [1.54, 1.807) is 42.5 Å². The molecule has 0 saturated heterocycles. The quantitative estimate of drug-likeness (QED) is 0.247. The number of sulfonamides is 2. The molecule has 1 amide bonds. The highest BCUT2D eigenvalue weighted by Gasteiger charge is 2.20. The molecule has 2 N–H and O–H groups in total.